The van der Waals surface area contributed by atoms with Crippen LogP contribution >= 0.6 is 0 Å². The maximum Gasteiger partial charge on any atom is 0.328 e. The number of carbonyl (C=O) groups excluding carboxylic acids is 1. The van der Waals surface area contributed by atoms with Gasteiger partial charge in [0.25, 0.3) is 0 Å². The van der Waals surface area contributed by atoms with Crippen LogP contribution in [0.25, 0.3) is 0 Å². The zero-order valence-corrected chi connectivity index (χ0v) is 21.7. The molecule has 204 valence electrons. The molecular weight excluding hydrogens is 478 g/mol. The summed E-state index contributed by atoms with van der Waals surface area (Å²) in [4.78, 5) is 37.6. The van der Waals surface area contributed by atoms with Gasteiger partial charge in [-0.3, -0.25) is 4.79 Å². The summed E-state index contributed by atoms with van der Waals surface area (Å²) in [5, 5.41) is 37.2. The Morgan fingerprint density at radius 3 is 2.38 bits per heavy atom. The standard InChI is InChI=1S/C23H35N3O3.C4H4O4/c1-22-8-5-15(26-29-16-7-10-24-13-16)11-14(22)12-19(25-28)21-17-3-4-20(27)23(17,2)9-6-18(21)22;5-3(6)1-2-4(7)8/h14,16-18,21,24,28H,3-13H2,1-2H3;1-2H,(H,5,6)(H,7,8)/b25-19+,26-15?;2-1+/t14?,16-,17+,18+,21+,22+,23+;/m1./s1. The highest BCUT2D eigenvalue weighted by molar-refractivity contribution is 5.94. The van der Waals surface area contributed by atoms with Crippen LogP contribution in [0.4, 0.5) is 0 Å². The first-order chi connectivity index (χ1) is 17.6. The highest BCUT2D eigenvalue weighted by Crippen LogP contribution is 2.64. The van der Waals surface area contributed by atoms with E-state index in [0.29, 0.717) is 42.1 Å². The number of rotatable bonds is 4. The Kier molecular flexibility index (Phi) is 8.06. The normalized spacial score (nSPS) is 41.0. The molecule has 0 bridgehead atoms. The summed E-state index contributed by atoms with van der Waals surface area (Å²) >= 11 is 0. The molecule has 0 amide bonds. The van der Waals surface area contributed by atoms with Crippen LogP contribution in [-0.4, -0.2) is 63.8 Å². The van der Waals surface area contributed by atoms with Crippen LogP contribution in [-0.2, 0) is 19.2 Å². The summed E-state index contributed by atoms with van der Waals surface area (Å²) < 4.78 is 0. The number of hydrogen-bond acceptors (Lipinski definition) is 8. The average Bonchev–Trinajstić information content (AvgIpc) is 3.49. The summed E-state index contributed by atoms with van der Waals surface area (Å²) in [6.45, 7) is 6.54. The van der Waals surface area contributed by atoms with Gasteiger partial charge in [0.1, 0.15) is 11.9 Å². The summed E-state index contributed by atoms with van der Waals surface area (Å²) in [5.74, 6) is -0.495. The maximum absolute atomic E-state index is 12.6. The molecule has 1 unspecified atom stereocenters. The molecule has 0 aromatic carbocycles. The maximum atomic E-state index is 12.6. The van der Waals surface area contributed by atoms with Crippen molar-refractivity contribution in [3.8, 4) is 0 Å². The minimum Gasteiger partial charge on any atom is -0.478 e. The lowest BCUT2D eigenvalue weighted by Crippen LogP contribution is -2.57. The van der Waals surface area contributed by atoms with Gasteiger partial charge in [-0.2, -0.15) is 0 Å². The second kappa shape index (κ2) is 10.9. The van der Waals surface area contributed by atoms with E-state index in [-0.39, 0.29) is 22.9 Å². The molecule has 1 aliphatic heterocycles. The van der Waals surface area contributed by atoms with Crippen molar-refractivity contribution in [3.05, 3.63) is 12.2 Å². The predicted octanol–water partition coefficient (Wildman–Crippen LogP) is 3.48. The van der Waals surface area contributed by atoms with E-state index in [9.17, 15) is 19.6 Å². The third-order valence-corrected chi connectivity index (χ3v) is 9.88. The van der Waals surface area contributed by atoms with Crippen molar-refractivity contribution in [2.24, 2.45) is 44.8 Å². The number of fused-ring (bicyclic) bond motifs is 5. The second-order valence-electron chi connectivity index (χ2n) is 11.7. The number of Topliss-reactive ketones (excluding diaryl/α,β-unsaturated/α-hetero) is 1. The lowest BCUT2D eigenvalue weighted by atomic mass is 9.45. The topological polar surface area (TPSA) is 158 Å². The first-order valence-electron chi connectivity index (χ1n) is 13.4. The Labute approximate surface area is 217 Å². The molecule has 7 atom stereocenters. The van der Waals surface area contributed by atoms with Crippen LogP contribution in [0.1, 0.15) is 71.6 Å². The number of carbonyl (C=O) groups is 3. The number of nitrogens with zero attached hydrogens (tertiary/aromatic N) is 2. The highest BCUT2D eigenvalue weighted by atomic mass is 16.6. The third kappa shape index (κ3) is 5.44. The zero-order valence-electron chi connectivity index (χ0n) is 21.7. The first kappa shape index (κ1) is 27.3. The Balaban J connectivity index is 0.000000349. The molecule has 0 aromatic rings. The fraction of sp³-hybridized carbons (Fsp3) is 0.741. The minimum atomic E-state index is -1.26. The van der Waals surface area contributed by atoms with Gasteiger partial charge in [0.05, 0.1) is 11.4 Å². The molecule has 10 nitrogen and oxygen atoms in total. The van der Waals surface area contributed by atoms with Crippen LogP contribution < -0.4 is 5.32 Å². The quantitative estimate of drug-likeness (QED) is 0.251. The lowest BCUT2D eigenvalue weighted by Gasteiger charge is -2.59. The molecule has 4 N–H and O–H groups in total. The largest absolute Gasteiger partial charge is 0.478 e. The van der Waals surface area contributed by atoms with Crippen molar-refractivity contribution in [3.63, 3.8) is 0 Å². The summed E-state index contributed by atoms with van der Waals surface area (Å²) in [6.07, 6.45) is 9.99. The van der Waals surface area contributed by atoms with E-state index >= 15 is 0 Å². The molecule has 0 aromatic heterocycles. The number of hydrogen-bond donors (Lipinski definition) is 4. The van der Waals surface area contributed by atoms with E-state index in [2.05, 4.69) is 29.5 Å². The molecule has 1 saturated heterocycles. The molecule has 5 rings (SSSR count). The van der Waals surface area contributed by atoms with Crippen LogP contribution in [0.2, 0.25) is 0 Å². The van der Waals surface area contributed by atoms with E-state index in [0.717, 1.165) is 70.2 Å². The van der Waals surface area contributed by atoms with Gasteiger partial charge in [-0.25, -0.2) is 9.59 Å². The summed E-state index contributed by atoms with van der Waals surface area (Å²) in [6, 6.07) is 0. The Morgan fingerprint density at radius 2 is 1.76 bits per heavy atom. The monoisotopic (exact) mass is 517 g/mol. The van der Waals surface area contributed by atoms with Crippen LogP contribution in [0.5, 0.6) is 0 Å². The second-order valence-corrected chi connectivity index (χ2v) is 11.7. The molecule has 4 saturated carbocycles. The SMILES string of the molecule is C[C@]12CCC(=NO[C@@H]3CCNC3)CC1C/C(=N\O)[C@@H]1[C@@H]2CC[C@]2(C)C(=O)CC[C@@H]12.O=C(O)/C=C/C(=O)O. The summed E-state index contributed by atoms with van der Waals surface area (Å²) in [7, 11) is 0. The van der Waals surface area contributed by atoms with Gasteiger partial charge in [0, 0.05) is 42.9 Å². The Bertz CT molecular complexity index is 986. The molecule has 10 heteroatoms. The number of carboxylic acid groups (broad SMARTS) is 2. The average molecular weight is 518 g/mol. The molecule has 0 spiro atoms. The highest BCUT2D eigenvalue weighted by Gasteiger charge is 2.62. The predicted molar refractivity (Wildman–Crippen MR) is 136 cm³/mol. The van der Waals surface area contributed by atoms with E-state index in [1.807, 2.05) is 0 Å². The van der Waals surface area contributed by atoms with Crippen LogP contribution in [0.15, 0.2) is 22.5 Å². The third-order valence-electron chi connectivity index (χ3n) is 9.88. The van der Waals surface area contributed by atoms with E-state index < -0.39 is 11.9 Å². The smallest absolute Gasteiger partial charge is 0.328 e. The van der Waals surface area contributed by atoms with Gasteiger partial charge in [-0.1, -0.05) is 24.2 Å². The van der Waals surface area contributed by atoms with Gasteiger partial charge in [0.2, 0.25) is 0 Å². The van der Waals surface area contributed by atoms with Crippen molar-refractivity contribution >= 4 is 29.1 Å². The molecule has 5 fully saturated rings. The van der Waals surface area contributed by atoms with Gasteiger partial charge in [0.15, 0.2) is 0 Å². The number of oxime groups is 2. The van der Waals surface area contributed by atoms with E-state index in [4.69, 9.17) is 15.1 Å². The summed E-state index contributed by atoms with van der Waals surface area (Å²) in [5.41, 5.74) is 2.15. The number of aliphatic carboxylic acids is 2. The van der Waals surface area contributed by atoms with Gasteiger partial charge < -0.3 is 25.6 Å². The number of ketones is 1. The molecule has 4 aliphatic carbocycles. The lowest BCUT2D eigenvalue weighted by molar-refractivity contribution is -0.134. The zero-order chi connectivity index (χ0) is 26.8. The Morgan fingerprint density at radius 1 is 1.03 bits per heavy atom. The van der Waals surface area contributed by atoms with Gasteiger partial charge in [-0.15, -0.1) is 0 Å². The molecule has 0 radical (unpaired) electrons. The van der Waals surface area contributed by atoms with E-state index in [1.165, 1.54) is 5.71 Å². The van der Waals surface area contributed by atoms with Gasteiger partial charge in [-0.05, 0) is 74.7 Å². The molecular formula is C27H39N3O7. The van der Waals surface area contributed by atoms with Crippen molar-refractivity contribution in [2.75, 3.05) is 13.1 Å². The van der Waals surface area contributed by atoms with Crippen molar-refractivity contribution in [2.45, 2.75) is 77.7 Å². The fourth-order valence-electron chi connectivity index (χ4n) is 7.74. The van der Waals surface area contributed by atoms with Crippen molar-refractivity contribution in [1.82, 2.24) is 5.32 Å². The first-order valence-corrected chi connectivity index (χ1v) is 13.4. The molecule has 37 heavy (non-hydrogen) atoms. The van der Waals surface area contributed by atoms with Crippen LogP contribution in [0, 0.1) is 34.5 Å². The fourth-order valence-corrected chi connectivity index (χ4v) is 7.74. The minimum absolute atomic E-state index is 0.204. The molecule has 5 aliphatic rings. The van der Waals surface area contributed by atoms with Crippen LogP contribution in [0.3, 0.4) is 0 Å². The van der Waals surface area contributed by atoms with Gasteiger partial charge >= 0.3 is 11.9 Å². The number of carboxylic acids is 2. The number of nitrogens with one attached hydrogen (secondary N) is 1. The van der Waals surface area contributed by atoms with E-state index in [1.54, 1.807) is 0 Å². The van der Waals surface area contributed by atoms with Crippen molar-refractivity contribution in [1.29, 1.82) is 0 Å². The van der Waals surface area contributed by atoms with Crippen molar-refractivity contribution < 1.29 is 34.6 Å². The Hall–Kier alpha value is -2.75. The molecule has 1 heterocycles.